The van der Waals surface area contributed by atoms with Crippen LogP contribution in [0.4, 0.5) is 5.69 Å². The van der Waals surface area contributed by atoms with Gasteiger partial charge in [-0.05, 0) is 49.8 Å². The summed E-state index contributed by atoms with van der Waals surface area (Å²) in [6.07, 6.45) is 6.28. The zero-order chi connectivity index (χ0) is 16.7. The summed E-state index contributed by atoms with van der Waals surface area (Å²) in [5, 5.41) is 3.54. The highest BCUT2D eigenvalue weighted by atomic mass is 35.5. The predicted molar refractivity (Wildman–Crippen MR) is 93.9 cm³/mol. The average molecular weight is 337 g/mol. The van der Waals surface area contributed by atoms with Crippen LogP contribution < -0.4 is 10.2 Å². The maximum absolute atomic E-state index is 12.6. The minimum absolute atomic E-state index is 0.000807. The van der Waals surface area contributed by atoms with Crippen LogP contribution in [0.25, 0.3) is 0 Å². The minimum atomic E-state index is -0.000807. The molecular formula is C18H25ClN2O2. The molecule has 1 heterocycles. The van der Waals surface area contributed by atoms with Crippen LogP contribution in [-0.4, -0.2) is 24.9 Å². The van der Waals surface area contributed by atoms with Crippen molar-refractivity contribution in [3.63, 3.8) is 0 Å². The fraction of sp³-hybridized carbons (Fsp3) is 0.556. The molecule has 2 amide bonds. The van der Waals surface area contributed by atoms with Crippen LogP contribution in [0.5, 0.6) is 0 Å². The van der Waals surface area contributed by atoms with Gasteiger partial charge in [-0.3, -0.25) is 9.59 Å². The molecule has 0 saturated carbocycles. The second-order valence-corrected chi connectivity index (χ2v) is 6.44. The van der Waals surface area contributed by atoms with Gasteiger partial charge in [-0.2, -0.15) is 0 Å². The highest BCUT2D eigenvalue weighted by Crippen LogP contribution is 2.32. The number of halogens is 1. The Hall–Kier alpha value is -1.55. The lowest BCUT2D eigenvalue weighted by Crippen LogP contribution is -2.31. The monoisotopic (exact) mass is 336 g/mol. The van der Waals surface area contributed by atoms with E-state index >= 15 is 0 Å². The van der Waals surface area contributed by atoms with Crippen molar-refractivity contribution in [2.75, 3.05) is 18.0 Å². The number of nitrogens with one attached hydrogen (secondary N) is 1. The van der Waals surface area contributed by atoms with Gasteiger partial charge in [0, 0.05) is 37.1 Å². The summed E-state index contributed by atoms with van der Waals surface area (Å²) < 4.78 is 0. The van der Waals surface area contributed by atoms with Crippen molar-refractivity contribution in [3.8, 4) is 0 Å². The van der Waals surface area contributed by atoms with Crippen molar-refractivity contribution in [2.45, 2.75) is 51.9 Å². The molecule has 0 unspecified atom stereocenters. The van der Waals surface area contributed by atoms with Gasteiger partial charge in [-0.1, -0.05) is 24.1 Å². The number of unbranched alkanes of at least 4 members (excludes halogenated alkanes) is 2. The number of anilines is 1. The number of hydrogen-bond donors (Lipinski definition) is 1. The first kappa shape index (κ1) is 17.8. The van der Waals surface area contributed by atoms with Gasteiger partial charge >= 0.3 is 0 Å². The second-order valence-electron chi connectivity index (χ2n) is 6.03. The summed E-state index contributed by atoms with van der Waals surface area (Å²) in [6.45, 7) is 2.98. The van der Waals surface area contributed by atoms with E-state index in [9.17, 15) is 9.59 Å². The summed E-state index contributed by atoms with van der Waals surface area (Å²) in [5.41, 5.74) is 2.09. The molecule has 0 fully saturated rings. The van der Waals surface area contributed by atoms with E-state index < -0.39 is 0 Å². The number of nitrogens with zero attached hydrogens (tertiary/aromatic N) is 1. The first-order valence-electron chi connectivity index (χ1n) is 8.42. The van der Waals surface area contributed by atoms with E-state index in [2.05, 4.69) is 5.32 Å². The number of amides is 2. The molecular weight excluding hydrogens is 312 g/mol. The molecule has 1 aromatic carbocycles. The van der Waals surface area contributed by atoms with Crippen molar-refractivity contribution in [1.29, 1.82) is 0 Å². The number of fused-ring (bicyclic) bond motifs is 1. The normalized spacial score (nSPS) is 14.1. The van der Waals surface area contributed by atoms with Crippen molar-refractivity contribution in [3.05, 3.63) is 28.8 Å². The number of benzene rings is 1. The van der Waals surface area contributed by atoms with E-state index in [1.54, 1.807) is 0 Å². The highest BCUT2D eigenvalue weighted by molar-refractivity contribution is 6.31. The summed E-state index contributed by atoms with van der Waals surface area (Å²) in [5.74, 6) is 0.175. The highest BCUT2D eigenvalue weighted by Gasteiger charge is 2.21. The van der Waals surface area contributed by atoms with Crippen LogP contribution in [0.1, 0.15) is 51.0 Å². The third kappa shape index (κ3) is 5.24. The van der Waals surface area contributed by atoms with E-state index in [1.165, 1.54) is 6.92 Å². The van der Waals surface area contributed by atoms with Gasteiger partial charge in [0.1, 0.15) is 0 Å². The van der Waals surface area contributed by atoms with Gasteiger partial charge in [0.05, 0.1) is 0 Å². The molecule has 1 aromatic rings. The Morgan fingerprint density at radius 2 is 2.04 bits per heavy atom. The van der Waals surface area contributed by atoms with Gasteiger partial charge in [-0.25, -0.2) is 0 Å². The van der Waals surface area contributed by atoms with Crippen LogP contribution in [-0.2, 0) is 16.0 Å². The second kappa shape index (κ2) is 8.92. The summed E-state index contributed by atoms with van der Waals surface area (Å²) >= 11 is 6.30. The molecule has 0 saturated heterocycles. The minimum Gasteiger partial charge on any atom is -0.356 e. The first-order valence-corrected chi connectivity index (χ1v) is 8.79. The fourth-order valence-electron chi connectivity index (χ4n) is 2.98. The average Bonchev–Trinajstić information content (AvgIpc) is 2.74. The summed E-state index contributed by atoms with van der Waals surface area (Å²) in [4.78, 5) is 25.3. The Labute approximate surface area is 143 Å². The molecule has 0 aromatic heterocycles. The van der Waals surface area contributed by atoms with Gasteiger partial charge < -0.3 is 10.2 Å². The predicted octanol–water partition coefficient (Wildman–Crippen LogP) is 3.71. The maximum Gasteiger partial charge on any atom is 0.226 e. The van der Waals surface area contributed by atoms with Crippen molar-refractivity contribution in [1.82, 2.24) is 5.32 Å². The van der Waals surface area contributed by atoms with Gasteiger partial charge in [-0.15, -0.1) is 0 Å². The largest absolute Gasteiger partial charge is 0.356 e. The van der Waals surface area contributed by atoms with Gasteiger partial charge in [0.2, 0.25) is 11.8 Å². The van der Waals surface area contributed by atoms with E-state index in [1.807, 2.05) is 23.1 Å². The van der Waals surface area contributed by atoms with E-state index in [0.717, 1.165) is 61.3 Å². The molecule has 1 aliphatic heterocycles. The van der Waals surface area contributed by atoms with Crippen LogP contribution in [0.3, 0.4) is 0 Å². The fourth-order valence-corrected chi connectivity index (χ4v) is 3.24. The molecule has 1 N–H and O–H groups in total. The molecule has 0 radical (unpaired) electrons. The maximum atomic E-state index is 12.6. The third-order valence-electron chi connectivity index (χ3n) is 4.19. The summed E-state index contributed by atoms with van der Waals surface area (Å²) in [6, 6.07) is 5.82. The molecule has 0 atom stereocenters. The molecule has 4 nitrogen and oxygen atoms in total. The van der Waals surface area contributed by atoms with E-state index in [0.29, 0.717) is 13.0 Å². The Balaban J connectivity index is 1.87. The molecule has 2 rings (SSSR count). The number of carbonyl (C=O) groups excluding carboxylic acids is 2. The molecule has 1 aliphatic rings. The topological polar surface area (TPSA) is 49.4 Å². The number of carbonyl (C=O) groups is 2. The lowest BCUT2D eigenvalue weighted by molar-refractivity contribution is -0.119. The number of rotatable bonds is 6. The van der Waals surface area contributed by atoms with Crippen LogP contribution in [0.2, 0.25) is 5.02 Å². The Kier molecular flexibility index (Phi) is 6.90. The Bertz CT molecular complexity index is 560. The molecule has 126 valence electrons. The Morgan fingerprint density at radius 3 is 2.83 bits per heavy atom. The Morgan fingerprint density at radius 1 is 1.22 bits per heavy atom. The lowest BCUT2D eigenvalue weighted by Gasteiger charge is -2.23. The molecule has 5 heteroatoms. The molecule has 0 bridgehead atoms. The summed E-state index contributed by atoms with van der Waals surface area (Å²) in [7, 11) is 0. The molecule has 23 heavy (non-hydrogen) atoms. The molecule has 0 spiro atoms. The smallest absolute Gasteiger partial charge is 0.226 e. The lowest BCUT2D eigenvalue weighted by atomic mass is 10.1. The third-order valence-corrected chi connectivity index (χ3v) is 4.54. The first-order chi connectivity index (χ1) is 11.1. The van der Waals surface area contributed by atoms with Crippen molar-refractivity contribution < 1.29 is 9.59 Å². The zero-order valence-corrected chi connectivity index (χ0v) is 14.5. The molecule has 0 aliphatic carbocycles. The van der Waals surface area contributed by atoms with E-state index in [-0.39, 0.29) is 11.8 Å². The zero-order valence-electron chi connectivity index (χ0n) is 13.7. The number of hydrogen-bond acceptors (Lipinski definition) is 2. The van der Waals surface area contributed by atoms with Crippen LogP contribution >= 0.6 is 11.6 Å². The standard InChI is InChI=1S/C18H25ClN2O2/c1-14(22)20-12-5-2-3-11-18(23)21-13-6-4-8-15-16(19)9-7-10-17(15)21/h7,9-10H,2-6,8,11-13H2,1H3,(H,20,22). The van der Waals surface area contributed by atoms with E-state index in [4.69, 9.17) is 11.6 Å². The van der Waals surface area contributed by atoms with Gasteiger partial charge in [0.25, 0.3) is 0 Å². The van der Waals surface area contributed by atoms with Gasteiger partial charge in [0.15, 0.2) is 0 Å². The van der Waals surface area contributed by atoms with Crippen molar-refractivity contribution >= 4 is 29.1 Å². The van der Waals surface area contributed by atoms with Crippen molar-refractivity contribution in [2.24, 2.45) is 0 Å². The van der Waals surface area contributed by atoms with Crippen LogP contribution in [0.15, 0.2) is 18.2 Å². The SMILES string of the molecule is CC(=O)NCCCCCC(=O)N1CCCCc2c(Cl)cccc21. The van der Waals surface area contributed by atoms with Crippen LogP contribution in [0, 0.1) is 0 Å². The quantitative estimate of drug-likeness (QED) is 0.805.